The van der Waals surface area contributed by atoms with Gasteiger partial charge >= 0.3 is 0 Å². The third-order valence-electron chi connectivity index (χ3n) is 3.84. The quantitative estimate of drug-likeness (QED) is 0.819. The molecule has 0 aliphatic rings. The lowest BCUT2D eigenvalue weighted by Gasteiger charge is -2.24. The van der Waals surface area contributed by atoms with Crippen molar-refractivity contribution < 1.29 is 0 Å². The standard InChI is InChI=1S/C16H21ClN2/c1-4-12(5-2)11(3)19-15-8-9-18-16-10-13(17)6-7-14(15)16/h6-12H,4-5H2,1-3H3,(H,18,19). The van der Waals surface area contributed by atoms with Gasteiger partial charge in [0.15, 0.2) is 0 Å². The smallest absolute Gasteiger partial charge is 0.0737 e. The molecule has 0 aliphatic carbocycles. The molecule has 2 rings (SSSR count). The molecule has 0 fully saturated rings. The van der Waals surface area contributed by atoms with E-state index in [4.69, 9.17) is 11.6 Å². The number of aromatic nitrogens is 1. The van der Waals surface area contributed by atoms with E-state index in [0.717, 1.165) is 21.6 Å². The van der Waals surface area contributed by atoms with Crippen LogP contribution in [0.5, 0.6) is 0 Å². The van der Waals surface area contributed by atoms with Crippen LogP contribution in [0.4, 0.5) is 5.69 Å². The van der Waals surface area contributed by atoms with Crippen molar-refractivity contribution in [2.75, 3.05) is 5.32 Å². The van der Waals surface area contributed by atoms with Gasteiger partial charge in [0.25, 0.3) is 0 Å². The minimum absolute atomic E-state index is 0.455. The third-order valence-corrected chi connectivity index (χ3v) is 4.08. The van der Waals surface area contributed by atoms with Gasteiger partial charge < -0.3 is 5.32 Å². The molecule has 1 unspecified atom stereocenters. The second-order valence-electron chi connectivity index (χ2n) is 5.03. The van der Waals surface area contributed by atoms with E-state index >= 15 is 0 Å². The van der Waals surface area contributed by atoms with Gasteiger partial charge in [-0.1, -0.05) is 38.3 Å². The Bertz CT molecular complexity index is 549. The number of fused-ring (bicyclic) bond motifs is 1. The van der Waals surface area contributed by atoms with Gasteiger partial charge in [0.2, 0.25) is 0 Å². The molecule has 0 bridgehead atoms. The summed E-state index contributed by atoms with van der Waals surface area (Å²) in [7, 11) is 0. The maximum Gasteiger partial charge on any atom is 0.0737 e. The van der Waals surface area contributed by atoms with Crippen molar-refractivity contribution in [1.82, 2.24) is 4.98 Å². The first-order valence-electron chi connectivity index (χ1n) is 6.96. The first-order chi connectivity index (χ1) is 9.15. The zero-order valence-corrected chi connectivity index (χ0v) is 12.5. The molecule has 2 aromatic rings. The number of benzene rings is 1. The summed E-state index contributed by atoms with van der Waals surface area (Å²) in [6.07, 6.45) is 4.22. The molecule has 0 radical (unpaired) electrons. The Morgan fingerprint density at radius 3 is 2.63 bits per heavy atom. The minimum atomic E-state index is 0.455. The van der Waals surface area contributed by atoms with E-state index in [0.29, 0.717) is 12.0 Å². The number of hydrogen-bond acceptors (Lipinski definition) is 2. The molecule has 1 heterocycles. The van der Waals surface area contributed by atoms with Crippen LogP contribution < -0.4 is 5.32 Å². The van der Waals surface area contributed by atoms with Gasteiger partial charge in [-0.2, -0.15) is 0 Å². The van der Waals surface area contributed by atoms with Crippen LogP contribution in [-0.2, 0) is 0 Å². The highest BCUT2D eigenvalue weighted by Gasteiger charge is 2.14. The van der Waals surface area contributed by atoms with Gasteiger partial charge in [0.05, 0.1) is 5.52 Å². The van der Waals surface area contributed by atoms with Crippen molar-refractivity contribution in [2.24, 2.45) is 5.92 Å². The summed E-state index contributed by atoms with van der Waals surface area (Å²) >= 11 is 6.01. The van der Waals surface area contributed by atoms with Gasteiger partial charge in [0.1, 0.15) is 0 Å². The first kappa shape index (κ1) is 14.1. The number of nitrogens with one attached hydrogen (secondary N) is 1. The zero-order chi connectivity index (χ0) is 13.8. The van der Waals surface area contributed by atoms with E-state index in [2.05, 4.69) is 31.1 Å². The van der Waals surface area contributed by atoms with Crippen LogP contribution in [-0.4, -0.2) is 11.0 Å². The maximum absolute atomic E-state index is 6.01. The topological polar surface area (TPSA) is 24.9 Å². The molecule has 102 valence electrons. The second-order valence-corrected chi connectivity index (χ2v) is 5.47. The second kappa shape index (κ2) is 6.25. The van der Waals surface area contributed by atoms with Gasteiger partial charge in [-0.25, -0.2) is 0 Å². The van der Waals surface area contributed by atoms with Crippen molar-refractivity contribution in [3.05, 3.63) is 35.5 Å². The Morgan fingerprint density at radius 2 is 1.95 bits per heavy atom. The molecule has 1 N–H and O–H groups in total. The summed E-state index contributed by atoms with van der Waals surface area (Å²) < 4.78 is 0. The third kappa shape index (κ3) is 3.19. The molecule has 0 saturated carbocycles. The average molecular weight is 277 g/mol. The van der Waals surface area contributed by atoms with E-state index in [-0.39, 0.29) is 0 Å². The SMILES string of the molecule is CCC(CC)C(C)Nc1ccnc2cc(Cl)ccc12. The molecule has 2 nitrogen and oxygen atoms in total. The predicted molar refractivity (Wildman–Crippen MR) is 83.9 cm³/mol. The van der Waals surface area contributed by atoms with E-state index in [1.807, 2.05) is 30.5 Å². The fourth-order valence-electron chi connectivity index (χ4n) is 2.61. The fraction of sp³-hybridized carbons (Fsp3) is 0.438. The molecule has 1 aromatic heterocycles. The lowest BCUT2D eigenvalue weighted by atomic mass is 9.95. The molecule has 3 heteroatoms. The Hall–Kier alpha value is -1.28. The number of nitrogens with zero attached hydrogens (tertiary/aromatic N) is 1. The molecule has 1 aromatic carbocycles. The average Bonchev–Trinajstić information content (AvgIpc) is 2.40. The number of rotatable bonds is 5. The predicted octanol–water partition coefficient (Wildman–Crippen LogP) is 5.12. The monoisotopic (exact) mass is 276 g/mol. The Morgan fingerprint density at radius 1 is 1.21 bits per heavy atom. The van der Waals surface area contributed by atoms with Crippen LogP contribution in [0.25, 0.3) is 10.9 Å². The van der Waals surface area contributed by atoms with Crippen LogP contribution in [0.15, 0.2) is 30.5 Å². The van der Waals surface area contributed by atoms with Crippen molar-refractivity contribution >= 4 is 28.2 Å². The summed E-state index contributed by atoms with van der Waals surface area (Å²) in [6.45, 7) is 6.74. The summed E-state index contributed by atoms with van der Waals surface area (Å²) in [5.41, 5.74) is 2.08. The molecule has 0 spiro atoms. The molecular weight excluding hydrogens is 256 g/mol. The number of hydrogen-bond donors (Lipinski definition) is 1. The summed E-state index contributed by atoms with van der Waals surface area (Å²) in [4.78, 5) is 4.37. The lowest BCUT2D eigenvalue weighted by molar-refractivity contribution is 0.438. The summed E-state index contributed by atoms with van der Waals surface area (Å²) in [5.74, 6) is 0.690. The Balaban J connectivity index is 2.30. The van der Waals surface area contributed by atoms with Crippen LogP contribution in [0.1, 0.15) is 33.6 Å². The fourth-order valence-corrected chi connectivity index (χ4v) is 2.77. The highest BCUT2D eigenvalue weighted by molar-refractivity contribution is 6.31. The van der Waals surface area contributed by atoms with Crippen molar-refractivity contribution in [3.63, 3.8) is 0 Å². The van der Waals surface area contributed by atoms with Crippen molar-refractivity contribution in [1.29, 1.82) is 0 Å². The van der Waals surface area contributed by atoms with Crippen LogP contribution >= 0.6 is 11.6 Å². The zero-order valence-electron chi connectivity index (χ0n) is 11.8. The summed E-state index contributed by atoms with van der Waals surface area (Å²) in [5, 5.41) is 5.48. The molecule has 1 atom stereocenters. The largest absolute Gasteiger partial charge is 0.382 e. The molecule has 19 heavy (non-hydrogen) atoms. The van der Waals surface area contributed by atoms with Gasteiger partial charge in [0, 0.05) is 28.3 Å². The number of anilines is 1. The number of pyridine rings is 1. The first-order valence-corrected chi connectivity index (χ1v) is 7.34. The maximum atomic E-state index is 6.01. The van der Waals surface area contributed by atoms with Crippen molar-refractivity contribution in [2.45, 2.75) is 39.7 Å². The normalized spacial score (nSPS) is 12.9. The molecule has 0 amide bonds. The molecule has 0 aliphatic heterocycles. The van der Waals surface area contributed by atoms with E-state index in [9.17, 15) is 0 Å². The van der Waals surface area contributed by atoms with E-state index < -0.39 is 0 Å². The lowest BCUT2D eigenvalue weighted by Crippen LogP contribution is -2.25. The number of halogens is 1. The Labute approximate surface area is 120 Å². The van der Waals surface area contributed by atoms with E-state index in [1.54, 1.807) is 0 Å². The molecular formula is C16H21ClN2. The van der Waals surface area contributed by atoms with Crippen molar-refractivity contribution in [3.8, 4) is 0 Å². The highest BCUT2D eigenvalue weighted by atomic mass is 35.5. The summed E-state index contributed by atoms with van der Waals surface area (Å²) in [6, 6.07) is 8.35. The van der Waals surface area contributed by atoms with E-state index in [1.165, 1.54) is 12.8 Å². The van der Waals surface area contributed by atoms with Crippen LogP contribution in [0, 0.1) is 5.92 Å². The van der Waals surface area contributed by atoms with Crippen LogP contribution in [0.3, 0.4) is 0 Å². The van der Waals surface area contributed by atoms with Gasteiger partial charge in [-0.15, -0.1) is 0 Å². The minimum Gasteiger partial charge on any atom is -0.382 e. The van der Waals surface area contributed by atoms with Gasteiger partial charge in [-0.05, 0) is 37.1 Å². The van der Waals surface area contributed by atoms with Crippen LogP contribution in [0.2, 0.25) is 5.02 Å². The highest BCUT2D eigenvalue weighted by Crippen LogP contribution is 2.26. The molecule has 0 saturated heterocycles. The Kier molecular flexibility index (Phi) is 4.65. The van der Waals surface area contributed by atoms with Gasteiger partial charge in [-0.3, -0.25) is 4.98 Å².